The molecule has 0 saturated carbocycles. The van der Waals surface area contributed by atoms with E-state index in [1.807, 2.05) is 25.1 Å². The number of hydrogen-bond acceptors (Lipinski definition) is 4. The monoisotopic (exact) mass is 362 g/mol. The van der Waals surface area contributed by atoms with Gasteiger partial charge in [0.05, 0.1) is 18.8 Å². The van der Waals surface area contributed by atoms with Gasteiger partial charge in [0.1, 0.15) is 5.75 Å². The Bertz CT molecular complexity index is 514. The van der Waals surface area contributed by atoms with Crippen LogP contribution in [0.5, 0.6) is 5.75 Å². The minimum Gasteiger partial charge on any atom is -0.494 e. The predicted molar refractivity (Wildman–Crippen MR) is 93.8 cm³/mol. The molecule has 7 heteroatoms. The summed E-state index contributed by atoms with van der Waals surface area (Å²) in [5, 5.41) is 6.79. The lowest BCUT2D eigenvalue weighted by molar-refractivity contribution is -0.122. The van der Waals surface area contributed by atoms with E-state index in [1.165, 1.54) is 0 Å². The third kappa shape index (κ3) is 5.84. The molecule has 1 amide bonds. The van der Waals surface area contributed by atoms with Crippen LogP contribution in [-0.2, 0) is 16.0 Å². The standard InChI is InChI=1S/C16H23ClN2O3.ClH/c1-3-22-15-5-4-12(17)8-11(15)6-7-18-16(20)14-9-13(21-2)10-19-14;/h4-5,8,13-14,19H,3,6-7,9-10H2,1-2H3,(H,18,20);1H/t13-,14+;/m0./s1. The van der Waals surface area contributed by atoms with Crippen molar-refractivity contribution in [2.75, 3.05) is 26.8 Å². The molecule has 1 aromatic carbocycles. The number of amides is 1. The van der Waals surface area contributed by atoms with Crippen LogP contribution in [0.25, 0.3) is 0 Å². The molecule has 1 heterocycles. The number of hydrogen-bond donors (Lipinski definition) is 2. The van der Waals surface area contributed by atoms with E-state index in [0.717, 1.165) is 17.9 Å². The average Bonchev–Trinajstić information content (AvgIpc) is 2.99. The number of halogens is 2. The number of ether oxygens (including phenoxy) is 2. The van der Waals surface area contributed by atoms with E-state index in [1.54, 1.807) is 7.11 Å². The minimum absolute atomic E-state index is 0. The highest BCUT2D eigenvalue weighted by molar-refractivity contribution is 6.30. The zero-order valence-corrected chi connectivity index (χ0v) is 15.0. The van der Waals surface area contributed by atoms with Crippen molar-refractivity contribution in [3.63, 3.8) is 0 Å². The lowest BCUT2D eigenvalue weighted by atomic mass is 10.1. The molecular formula is C16H24Cl2N2O3. The predicted octanol–water partition coefficient (Wildman–Crippen LogP) is 2.20. The first-order valence-electron chi connectivity index (χ1n) is 7.59. The molecule has 130 valence electrons. The summed E-state index contributed by atoms with van der Waals surface area (Å²) in [6.07, 6.45) is 1.51. The largest absolute Gasteiger partial charge is 0.494 e. The van der Waals surface area contributed by atoms with Crippen LogP contribution in [0, 0.1) is 0 Å². The third-order valence-electron chi connectivity index (χ3n) is 3.76. The number of rotatable bonds is 7. The van der Waals surface area contributed by atoms with Crippen LogP contribution in [0.4, 0.5) is 0 Å². The fraction of sp³-hybridized carbons (Fsp3) is 0.562. The smallest absolute Gasteiger partial charge is 0.237 e. The number of benzene rings is 1. The Hall–Kier alpha value is -1.01. The van der Waals surface area contributed by atoms with Crippen LogP contribution in [-0.4, -0.2) is 44.9 Å². The molecule has 23 heavy (non-hydrogen) atoms. The highest BCUT2D eigenvalue weighted by Crippen LogP contribution is 2.23. The number of carbonyl (C=O) groups is 1. The first kappa shape index (κ1) is 20.0. The van der Waals surface area contributed by atoms with Crippen molar-refractivity contribution in [3.8, 4) is 5.75 Å². The summed E-state index contributed by atoms with van der Waals surface area (Å²) in [5.74, 6) is 0.833. The number of nitrogens with one attached hydrogen (secondary N) is 2. The zero-order valence-electron chi connectivity index (χ0n) is 13.4. The van der Waals surface area contributed by atoms with Gasteiger partial charge in [-0.3, -0.25) is 4.79 Å². The third-order valence-corrected chi connectivity index (χ3v) is 3.99. The second-order valence-corrected chi connectivity index (χ2v) is 5.72. The van der Waals surface area contributed by atoms with E-state index in [-0.39, 0.29) is 30.5 Å². The van der Waals surface area contributed by atoms with Gasteiger partial charge in [-0.15, -0.1) is 12.4 Å². The van der Waals surface area contributed by atoms with Crippen LogP contribution < -0.4 is 15.4 Å². The van der Waals surface area contributed by atoms with Gasteiger partial charge >= 0.3 is 0 Å². The summed E-state index contributed by atoms with van der Waals surface area (Å²) >= 11 is 6.03. The van der Waals surface area contributed by atoms with Gasteiger partial charge in [0.15, 0.2) is 0 Å². The number of carbonyl (C=O) groups excluding carboxylic acids is 1. The summed E-state index contributed by atoms with van der Waals surface area (Å²) in [6, 6.07) is 5.39. The molecule has 5 nitrogen and oxygen atoms in total. The zero-order chi connectivity index (χ0) is 15.9. The van der Waals surface area contributed by atoms with Crippen molar-refractivity contribution < 1.29 is 14.3 Å². The molecule has 1 aliphatic rings. The van der Waals surface area contributed by atoms with Gasteiger partial charge in [-0.05, 0) is 43.5 Å². The van der Waals surface area contributed by atoms with E-state index < -0.39 is 0 Å². The van der Waals surface area contributed by atoms with E-state index in [9.17, 15) is 4.79 Å². The van der Waals surface area contributed by atoms with Crippen LogP contribution in [0.2, 0.25) is 5.02 Å². The van der Waals surface area contributed by atoms with Gasteiger partial charge < -0.3 is 20.1 Å². The molecule has 1 saturated heterocycles. The highest BCUT2D eigenvalue weighted by Gasteiger charge is 2.28. The first-order valence-corrected chi connectivity index (χ1v) is 7.97. The summed E-state index contributed by atoms with van der Waals surface area (Å²) in [6.45, 7) is 3.82. The molecule has 2 atom stereocenters. The second-order valence-electron chi connectivity index (χ2n) is 5.28. The Labute approximate surface area is 148 Å². The summed E-state index contributed by atoms with van der Waals surface area (Å²) in [4.78, 5) is 12.1. The topological polar surface area (TPSA) is 59.6 Å². The molecule has 0 aliphatic carbocycles. The Morgan fingerprint density at radius 1 is 1.48 bits per heavy atom. The number of methoxy groups -OCH3 is 1. The van der Waals surface area contributed by atoms with Crippen molar-refractivity contribution in [1.82, 2.24) is 10.6 Å². The molecule has 1 fully saturated rings. The molecule has 0 radical (unpaired) electrons. The van der Waals surface area contributed by atoms with Crippen LogP contribution in [0.1, 0.15) is 18.9 Å². The van der Waals surface area contributed by atoms with Gasteiger partial charge in [-0.25, -0.2) is 0 Å². The SMILES string of the molecule is CCOc1ccc(Cl)cc1CCNC(=O)[C@H]1C[C@H](OC)CN1.Cl. The lowest BCUT2D eigenvalue weighted by Crippen LogP contribution is -2.41. The van der Waals surface area contributed by atoms with Gasteiger partial charge in [0, 0.05) is 25.2 Å². The average molecular weight is 363 g/mol. The molecule has 1 aliphatic heterocycles. The molecule has 2 rings (SSSR count). The maximum atomic E-state index is 12.1. The Balaban J connectivity index is 0.00000264. The van der Waals surface area contributed by atoms with Crippen molar-refractivity contribution in [2.24, 2.45) is 0 Å². The second kappa shape index (κ2) is 9.98. The van der Waals surface area contributed by atoms with E-state index >= 15 is 0 Å². The molecule has 0 aromatic heterocycles. The molecule has 0 bridgehead atoms. The van der Waals surface area contributed by atoms with E-state index in [2.05, 4.69) is 10.6 Å². The van der Waals surface area contributed by atoms with Crippen LogP contribution in [0.3, 0.4) is 0 Å². The molecule has 0 unspecified atom stereocenters. The van der Waals surface area contributed by atoms with Gasteiger partial charge in [0.2, 0.25) is 5.91 Å². The quantitative estimate of drug-likeness (QED) is 0.780. The Morgan fingerprint density at radius 2 is 2.26 bits per heavy atom. The highest BCUT2D eigenvalue weighted by atomic mass is 35.5. The van der Waals surface area contributed by atoms with Crippen LogP contribution in [0.15, 0.2) is 18.2 Å². The normalized spacial score (nSPS) is 20.0. The van der Waals surface area contributed by atoms with Gasteiger partial charge in [0.25, 0.3) is 0 Å². The van der Waals surface area contributed by atoms with Gasteiger partial charge in [-0.2, -0.15) is 0 Å². The van der Waals surface area contributed by atoms with Crippen molar-refractivity contribution in [3.05, 3.63) is 28.8 Å². The van der Waals surface area contributed by atoms with Crippen LogP contribution >= 0.6 is 24.0 Å². The Kier molecular flexibility index (Phi) is 8.69. The van der Waals surface area contributed by atoms with Crippen molar-refractivity contribution in [2.45, 2.75) is 31.9 Å². The Morgan fingerprint density at radius 3 is 2.91 bits per heavy atom. The van der Waals surface area contributed by atoms with E-state index in [4.69, 9.17) is 21.1 Å². The fourth-order valence-electron chi connectivity index (χ4n) is 2.57. The molecule has 1 aromatic rings. The fourth-order valence-corrected chi connectivity index (χ4v) is 2.76. The first-order chi connectivity index (χ1) is 10.6. The molecule has 0 spiro atoms. The van der Waals surface area contributed by atoms with Crippen molar-refractivity contribution in [1.29, 1.82) is 0 Å². The molecule has 2 N–H and O–H groups in total. The maximum absolute atomic E-state index is 12.1. The van der Waals surface area contributed by atoms with Gasteiger partial charge in [-0.1, -0.05) is 11.6 Å². The van der Waals surface area contributed by atoms with Crippen molar-refractivity contribution >= 4 is 29.9 Å². The summed E-state index contributed by atoms with van der Waals surface area (Å²) in [5.41, 5.74) is 1.00. The summed E-state index contributed by atoms with van der Waals surface area (Å²) in [7, 11) is 1.67. The van der Waals surface area contributed by atoms with E-state index in [0.29, 0.717) is 31.0 Å². The lowest BCUT2D eigenvalue weighted by Gasteiger charge is -2.13. The summed E-state index contributed by atoms with van der Waals surface area (Å²) < 4.78 is 10.8. The molecular weight excluding hydrogens is 339 g/mol. The minimum atomic E-state index is -0.171. The maximum Gasteiger partial charge on any atom is 0.237 e.